The van der Waals surface area contributed by atoms with E-state index in [1.54, 1.807) is 31.2 Å². The SMILES string of the molecule is CCS(=O)(=O)CCS(=O)c1ccc(CC(=O)O)cc1. The Balaban J connectivity index is 2.66. The number of carbonyl (C=O) groups is 1. The van der Waals surface area contributed by atoms with E-state index in [-0.39, 0.29) is 23.7 Å². The molecule has 0 amide bonds. The number of hydrogen-bond donors (Lipinski definition) is 1. The third kappa shape index (κ3) is 5.52. The predicted octanol–water partition coefficient (Wildman–Crippen LogP) is 0.856. The van der Waals surface area contributed by atoms with Crippen LogP contribution in [-0.2, 0) is 31.9 Å². The summed E-state index contributed by atoms with van der Waals surface area (Å²) in [6, 6.07) is 6.34. The monoisotopic (exact) mass is 304 g/mol. The van der Waals surface area contributed by atoms with E-state index in [1.807, 2.05) is 0 Å². The molecule has 1 aromatic rings. The van der Waals surface area contributed by atoms with E-state index in [1.165, 1.54) is 0 Å². The number of carboxylic acid groups (broad SMARTS) is 1. The third-order valence-corrected chi connectivity index (χ3v) is 5.90. The van der Waals surface area contributed by atoms with Crippen LogP contribution in [0.4, 0.5) is 0 Å². The van der Waals surface area contributed by atoms with Crippen molar-refractivity contribution in [2.45, 2.75) is 18.2 Å². The van der Waals surface area contributed by atoms with Crippen molar-refractivity contribution in [2.75, 3.05) is 17.3 Å². The average molecular weight is 304 g/mol. The molecule has 0 aliphatic rings. The molecule has 5 nitrogen and oxygen atoms in total. The number of benzene rings is 1. The first-order valence-corrected chi connectivity index (χ1v) is 8.87. The fraction of sp³-hybridized carbons (Fsp3) is 0.417. The molecule has 0 fully saturated rings. The average Bonchev–Trinajstić information content (AvgIpc) is 2.36. The molecule has 1 unspecified atom stereocenters. The fourth-order valence-electron chi connectivity index (χ4n) is 1.40. The maximum atomic E-state index is 11.9. The summed E-state index contributed by atoms with van der Waals surface area (Å²) in [6.07, 6.45) is -0.0862. The fourth-order valence-corrected chi connectivity index (χ4v) is 3.98. The van der Waals surface area contributed by atoms with Gasteiger partial charge in [-0.1, -0.05) is 19.1 Å². The van der Waals surface area contributed by atoms with Crippen molar-refractivity contribution in [3.8, 4) is 0 Å². The molecule has 0 spiro atoms. The second-order valence-electron chi connectivity index (χ2n) is 4.00. The van der Waals surface area contributed by atoms with Gasteiger partial charge in [-0.15, -0.1) is 0 Å². The van der Waals surface area contributed by atoms with Crippen LogP contribution in [0.3, 0.4) is 0 Å². The molecule has 0 aliphatic heterocycles. The molecule has 0 aromatic heterocycles. The minimum Gasteiger partial charge on any atom is -0.481 e. The van der Waals surface area contributed by atoms with Gasteiger partial charge < -0.3 is 5.11 Å². The van der Waals surface area contributed by atoms with Crippen molar-refractivity contribution in [1.82, 2.24) is 0 Å². The summed E-state index contributed by atoms with van der Waals surface area (Å²) in [7, 11) is -4.50. The van der Waals surface area contributed by atoms with Crippen LogP contribution in [0.2, 0.25) is 0 Å². The normalized spacial score (nSPS) is 13.1. The number of rotatable bonds is 7. The van der Waals surface area contributed by atoms with Gasteiger partial charge in [-0.2, -0.15) is 0 Å². The van der Waals surface area contributed by atoms with Gasteiger partial charge in [0.25, 0.3) is 0 Å². The number of carboxylic acids is 1. The van der Waals surface area contributed by atoms with Crippen LogP contribution in [0.1, 0.15) is 12.5 Å². The molecule has 0 saturated heterocycles. The van der Waals surface area contributed by atoms with Crippen LogP contribution in [-0.4, -0.2) is 41.0 Å². The minimum atomic E-state index is -3.12. The summed E-state index contributed by atoms with van der Waals surface area (Å²) in [5.41, 5.74) is 0.620. The van der Waals surface area contributed by atoms with Crippen LogP contribution in [0, 0.1) is 0 Å². The molecule has 1 rings (SSSR count). The second-order valence-corrected chi connectivity index (χ2v) is 8.04. The molecular weight excluding hydrogens is 288 g/mol. The summed E-state index contributed by atoms with van der Waals surface area (Å²) < 4.78 is 34.5. The summed E-state index contributed by atoms with van der Waals surface area (Å²) >= 11 is 0. The number of hydrogen-bond acceptors (Lipinski definition) is 4. The van der Waals surface area contributed by atoms with Crippen LogP contribution in [0.15, 0.2) is 29.2 Å². The van der Waals surface area contributed by atoms with E-state index in [0.29, 0.717) is 10.5 Å². The first-order valence-electron chi connectivity index (χ1n) is 5.73. The maximum absolute atomic E-state index is 11.9. The van der Waals surface area contributed by atoms with Crippen molar-refractivity contribution < 1.29 is 22.5 Å². The quantitative estimate of drug-likeness (QED) is 0.807. The standard InChI is InChI=1S/C12H16O5S2/c1-2-19(16,17)8-7-18(15)11-5-3-10(4-6-11)9-12(13)14/h3-6H,2,7-9H2,1H3,(H,13,14). The lowest BCUT2D eigenvalue weighted by atomic mass is 10.2. The smallest absolute Gasteiger partial charge is 0.307 e. The Bertz CT molecular complexity index is 560. The first kappa shape index (κ1) is 15.8. The highest BCUT2D eigenvalue weighted by atomic mass is 32.2. The van der Waals surface area contributed by atoms with E-state index in [4.69, 9.17) is 5.11 Å². The van der Waals surface area contributed by atoms with E-state index in [9.17, 15) is 17.4 Å². The van der Waals surface area contributed by atoms with Gasteiger partial charge in [0.15, 0.2) is 9.84 Å². The number of sulfone groups is 1. The summed E-state index contributed by atoms with van der Waals surface area (Å²) in [6.45, 7) is 1.55. The molecule has 0 bridgehead atoms. The summed E-state index contributed by atoms with van der Waals surface area (Å²) in [5, 5.41) is 8.62. The Morgan fingerprint density at radius 2 is 1.84 bits per heavy atom. The van der Waals surface area contributed by atoms with Crippen molar-refractivity contribution in [3.63, 3.8) is 0 Å². The Labute approximate surface area is 115 Å². The molecule has 0 radical (unpaired) electrons. The van der Waals surface area contributed by atoms with Gasteiger partial charge in [0, 0.05) is 16.4 Å². The zero-order valence-corrected chi connectivity index (χ0v) is 12.2. The second kappa shape index (κ2) is 6.81. The van der Waals surface area contributed by atoms with Crippen molar-refractivity contribution >= 4 is 26.6 Å². The lowest BCUT2D eigenvalue weighted by Gasteiger charge is -2.04. The topological polar surface area (TPSA) is 88.5 Å². The third-order valence-electron chi connectivity index (χ3n) is 2.56. The van der Waals surface area contributed by atoms with E-state index in [0.717, 1.165) is 0 Å². The molecule has 7 heteroatoms. The van der Waals surface area contributed by atoms with E-state index < -0.39 is 26.6 Å². The van der Waals surface area contributed by atoms with Crippen LogP contribution in [0.5, 0.6) is 0 Å². The number of aliphatic carboxylic acids is 1. The molecular formula is C12H16O5S2. The zero-order chi connectivity index (χ0) is 14.5. The highest BCUT2D eigenvalue weighted by Crippen LogP contribution is 2.10. The Morgan fingerprint density at radius 1 is 1.26 bits per heavy atom. The highest BCUT2D eigenvalue weighted by molar-refractivity contribution is 7.93. The molecule has 1 N–H and O–H groups in total. The zero-order valence-electron chi connectivity index (χ0n) is 10.5. The van der Waals surface area contributed by atoms with Gasteiger partial charge in [0.2, 0.25) is 0 Å². The Kier molecular flexibility index (Phi) is 5.68. The van der Waals surface area contributed by atoms with Gasteiger partial charge in [-0.25, -0.2) is 8.42 Å². The summed E-state index contributed by atoms with van der Waals surface area (Å²) in [4.78, 5) is 11.0. The molecule has 106 valence electrons. The molecule has 0 heterocycles. The lowest BCUT2D eigenvalue weighted by Crippen LogP contribution is -2.15. The predicted molar refractivity (Wildman–Crippen MR) is 73.4 cm³/mol. The van der Waals surface area contributed by atoms with Gasteiger partial charge in [-0.3, -0.25) is 9.00 Å². The molecule has 19 heavy (non-hydrogen) atoms. The molecule has 1 aromatic carbocycles. The van der Waals surface area contributed by atoms with Crippen molar-refractivity contribution in [1.29, 1.82) is 0 Å². The molecule has 0 saturated carbocycles. The summed E-state index contributed by atoms with van der Waals surface area (Å²) in [5.74, 6) is -0.925. The first-order chi connectivity index (χ1) is 8.84. The van der Waals surface area contributed by atoms with Crippen LogP contribution >= 0.6 is 0 Å². The van der Waals surface area contributed by atoms with Gasteiger partial charge in [-0.05, 0) is 17.7 Å². The highest BCUT2D eigenvalue weighted by Gasteiger charge is 2.11. The van der Waals surface area contributed by atoms with Gasteiger partial charge in [0.05, 0.1) is 23.0 Å². The van der Waals surface area contributed by atoms with Crippen LogP contribution < -0.4 is 0 Å². The molecule has 1 atom stereocenters. The maximum Gasteiger partial charge on any atom is 0.307 e. The minimum absolute atomic E-state index is 0.0434. The lowest BCUT2D eigenvalue weighted by molar-refractivity contribution is -0.136. The Morgan fingerprint density at radius 3 is 2.32 bits per heavy atom. The van der Waals surface area contributed by atoms with E-state index >= 15 is 0 Å². The Hall–Kier alpha value is -1.21. The van der Waals surface area contributed by atoms with Gasteiger partial charge >= 0.3 is 5.97 Å². The van der Waals surface area contributed by atoms with Gasteiger partial charge in [0.1, 0.15) is 0 Å². The largest absolute Gasteiger partial charge is 0.481 e. The van der Waals surface area contributed by atoms with Crippen molar-refractivity contribution in [3.05, 3.63) is 29.8 Å². The van der Waals surface area contributed by atoms with Crippen LogP contribution in [0.25, 0.3) is 0 Å². The van der Waals surface area contributed by atoms with Crippen molar-refractivity contribution in [2.24, 2.45) is 0 Å². The molecule has 0 aliphatic carbocycles. The van der Waals surface area contributed by atoms with E-state index in [2.05, 4.69) is 0 Å².